The van der Waals surface area contributed by atoms with Crippen molar-refractivity contribution in [3.05, 3.63) is 0 Å². The van der Waals surface area contributed by atoms with Gasteiger partial charge in [0.05, 0.1) is 10.8 Å². The van der Waals surface area contributed by atoms with Crippen LogP contribution in [-0.2, 0) is 76.4 Å². The minimum Gasteiger partial charge on any atom is -0.465 e. The maximum Gasteiger partial charge on any atom is 0.313 e. The van der Waals surface area contributed by atoms with Crippen LogP contribution in [0.4, 0.5) is 0 Å². The van der Waals surface area contributed by atoms with Crippen molar-refractivity contribution in [2.45, 2.75) is 106 Å². The van der Waals surface area contributed by atoms with E-state index in [0.29, 0.717) is 0 Å². The van der Waals surface area contributed by atoms with E-state index in [2.05, 4.69) is 0 Å². The van der Waals surface area contributed by atoms with Gasteiger partial charge in [0.2, 0.25) is 0 Å². The van der Waals surface area contributed by atoms with Crippen molar-refractivity contribution in [2.75, 3.05) is 39.6 Å². The fourth-order valence-corrected chi connectivity index (χ4v) is 3.96. The molecule has 0 aromatic rings. The molecule has 0 rings (SSSR count). The van der Waals surface area contributed by atoms with E-state index in [4.69, 9.17) is 28.4 Å². The molecule has 50 heavy (non-hydrogen) atoms. The third-order valence-electron chi connectivity index (χ3n) is 7.32. The minimum absolute atomic E-state index is 0.0988. The van der Waals surface area contributed by atoms with Gasteiger partial charge in [-0.25, -0.2) is 0 Å². The van der Waals surface area contributed by atoms with Gasteiger partial charge in [-0.1, -0.05) is 13.8 Å². The Bertz CT molecular complexity index is 1080. The van der Waals surface area contributed by atoms with Gasteiger partial charge in [0.1, 0.15) is 88.5 Å². The molecular formula is C34H50O16. The maximum atomic E-state index is 12.5. The lowest BCUT2D eigenvalue weighted by atomic mass is 9.88. The van der Waals surface area contributed by atoms with Gasteiger partial charge in [-0.15, -0.1) is 0 Å². The van der Waals surface area contributed by atoms with Gasteiger partial charge in [0, 0.05) is 12.8 Å². The van der Waals surface area contributed by atoms with E-state index >= 15 is 0 Å². The van der Waals surface area contributed by atoms with Crippen LogP contribution in [0.25, 0.3) is 0 Å². The lowest BCUT2D eigenvalue weighted by Crippen LogP contribution is -2.39. The van der Waals surface area contributed by atoms with Crippen molar-refractivity contribution in [3.8, 4) is 0 Å². The third-order valence-corrected chi connectivity index (χ3v) is 7.32. The largest absolute Gasteiger partial charge is 0.465 e. The smallest absolute Gasteiger partial charge is 0.313 e. The van der Waals surface area contributed by atoms with Crippen molar-refractivity contribution in [1.82, 2.24) is 0 Å². The first-order valence-electron chi connectivity index (χ1n) is 16.3. The highest BCUT2D eigenvalue weighted by Gasteiger charge is 2.36. The molecule has 0 aromatic heterocycles. The second-order valence-corrected chi connectivity index (χ2v) is 12.4. The summed E-state index contributed by atoms with van der Waals surface area (Å²) in [5.74, 6) is -6.16. The molecule has 0 aliphatic heterocycles. The Morgan fingerprint density at radius 1 is 0.360 bits per heavy atom. The molecule has 0 unspecified atom stereocenters. The molecule has 16 heteroatoms. The molecule has 0 N–H and O–H groups in total. The Balaban J connectivity index is 5.15. The summed E-state index contributed by atoms with van der Waals surface area (Å²) in [6.07, 6.45) is -1.14. The Kier molecular flexibility index (Phi) is 21.6. The monoisotopic (exact) mass is 714 g/mol. The molecular weight excluding hydrogens is 664 g/mol. The molecule has 0 radical (unpaired) electrons. The quantitative estimate of drug-likeness (QED) is 0.0515. The molecule has 16 nitrogen and oxygen atoms in total. The van der Waals surface area contributed by atoms with E-state index in [9.17, 15) is 47.9 Å². The Labute approximate surface area is 291 Å². The topological polar surface area (TPSA) is 226 Å². The number of rotatable bonds is 27. The molecule has 0 saturated heterocycles. The Hall–Kier alpha value is -4.50. The molecule has 0 heterocycles. The van der Waals surface area contributed by atoms with Gasteiger partial charge >= 0.3 is 35.8 Å². The van der Waals surface area contributed by atoms with Crippen molar-refractivity contribution in [2.24, 2.45) is 10.8 Å². The molecule has 0 bridgehead atoms. The molecule has 0 amide bonds. The number of Topliss-reactive ketones (excluding diaryl/α,β-unsaturated/α-hetero) is 4. The lowest BCUT2D eigenvalue weighted by molar-refractivity contribution is -0.166. The summed E-state index contributed by atoms with van der Waals surface area (Å²) < 4.78 is 31.5. The first-order valence-corrected chi connectivity index (χ1v) is 16.3. The zero-order valence-electron chi connectivity index (χ0n) is 29.8. The number of carbonyl (C=O) groups is 10. The van der Waals surface area contributed by atoms with Crippen molar-refractivity contribution < 1.29 is 76.4 Å². The van der Waals surface area contributed by atoms with Crippen LogP contribution in [0.1, 0.15) is 106 Å². The van der Waals surface area contributed by atoms with E-state index in [1.54, 1.807) is 13.8 Å². The van der Waals surface area contributed by atoms with Crippen molar-refractivity contribution >= 4 is 58.9 Å². The second kappa shape index (κ2) is 23.8. The van der Waals surface area contributed by atoms with Crippen LogP contribution in [0.2, 0.25) is 0 Å². The van der Waals surface area contributed by atoms with Gasteiger partial charge in [0.25, 0.3) is 0 Å². The zero-order chi connectivity index (χ0) is 38.3. The van der Waals surface area contributed by atoms with E-state index in [1.165, 1.54) is 27.7 Å². The highest BCUT2D eigenvalue weighted by Crippen LogP contribution is 2.26. The second-order valence-electron chi connectivity index (χ2n) is 12.4. The van der Waals surface area contributed by atoms with Crippen LogP contribution >= 0.6 is 0 Å². The van der Waals surface area contributed by atoms with Gasteiger partial charge < -0.3 is 28.4 Å². The summed E-state index contributed by atoms with van der Waals surface area (Å²) in [4.78, 5) is 118. The summed E-state index contributed by atoms with van der Waals surface area (Å²) in [7, 11) is 0. The highest BCUT2D eigenvalue weighted by molar-refractivity contribution is 5.95. The van der Waals surface area contributed by atoms with Gasteiger partial charge in [0.15, 0.2) is 0 Å². The fourth-order valence-electron chi connectivity index (χ4n) is 3.96. The number of ketones is 4. The minimum atomic E-state index is -1.15. The summed E-state index contributed by atoms with van der Waals surface area (Å²) in [5, 5.41) is 0. The molecule has 0 fully saturated rings. The van der Waals surface area contributed by atoms with E-state index in [1.807, 2.05) is 0 Å². The van der Waals surface area contributed by atoms with Crippen molar-refractivity contribution in [3.63, 3.8) is 0 Å². The number of ether oxygens (including phenoxy) is 6. The number of hydrogen-bond donors (Lipinski definition) is 0. The highest BCUT2D eigenvalue weighted by atomic mass is 16.6. The Morgan fingerprint density at radius 2 is 0.560 bits per heavy atom. The molecule has 0 saturated carbocycles. The normalized spacial score (nSPS) is 11.1. The summed E-state index contributed by atoms with van der Waals surface area (Å²) >= 11 is 0. The standard InChI is InChI=1S/C34H50O16/c1-7-33(19-47-29(41)13-23(3)35,20-48-30(42)14-24(4)36)17-45-27(39)11-9-10-12-28(40)46-18-34(8-2,21-49-31(43)15-25(5)37)22-50-32(44)16-26(6)38/h7-22H2,1-6H3. The van der Waals surface area contributed by atoms with Crippen LogP contribution in [0, 0.1) is 10.8 Å². The molecule has 0 atom stereocenters. The van der Waals surface area contributed by atoms with E-state index in [-0.39, 0.29) is 78.2 Å². The summed E-state index contributed by atoms with van der Waals surface area (Å²) in [6.45, 7) is 6.33. The third kappa shape index (κ3) is 21.5. The number of hydrogen-bond acceptors (Lipinski definition) is 16. The first kappa shape index (κ1) is 45.5. The predicted molar refractivity (Wildman–Crippen MR) is 171 cm³/mol. The average Bonchev–Trinajstić information content (AvgIpc) is 3.01. The van der Waals surface area contributed by atoms with Gasteiger partial charge in [-0.05, 0) is 53.4 Å². The van der Waals surface area contributed by atoms with Crippen LogP contribution in [0.3, 0.4) is 0 Å². The van der Waals surface area contributed by atoms with Crippen molar-refractivity contribution in [1.29, 1.82) is 0 Å². The lowest BCUT2D eigenvalue weighted by Gasteiger charge is -2.31. The summed E-state index contributed by atoms with van der Waals surface area (Å²) in [5.41, 5.74) is -2.30. The average molecular weight is 715 g/mol. The van der Waals surface area contributed by atoms with E-state index in [0.717, 1.165) is 0 Å². The zero-order valence-corrected chi connectivity index (χ0v) is 29.8. The molecule has 0 aliphatic rings. The maximum absolute atomic E-state index is 12.5. The fraction of sp³-hybridized carbons (Fsp3) is 0.706. The summed E-state index contributed by atoms with van der Waals surface area (Å²) in [6, 6.07) is 0. The van der Waals surface area contributed by atoms with Gasteiger partial charge in [-0.2, -0.15) is 0 Å². The van der Waals surface area contributed by atoms with Crippen LogP contribution < -0.4 is 0 Å². The van der Waals surface area contributed by atoms with Gasteiger partial charge in [-0.3, -0.25) is 47.9 Å². The van der Waals surface area contributed by atoms with Crippen LogP contribution in [0.5, 0.6) is 0 Å². The molecule has 0 aliphatic carbocycles. The number of unbranched alkanes of at least 4 members (excludes halogenated alkanes) is 1. The van der Waals surface area contributed by atoms with E-state index < -0.39 is 95.5 Å². The first-order chi connectivity index (χ1) is 23.4. The number of esters is 6. The Morgan fingerprint density at radius 3 is 0.740 bits per heavy atom. The predicted octanol–water partition coefficient (Wildman–Crippen LogP) is 2.52. The van der Waals surface area contributed by atoms with Crippen LogP contribution in [0.15, 0.2) is 0 Å². The van der Waals surface area contributed by atoms with Crippen LogP contribution in [-0.4, -0.2) is 98.6 Å². The number of carbonyl (C=O) groups excluding carboxylic acids is 10. The molecule has 282 valence electrons. The SMILES string of the molecule is CCC(COC(=O)CCCCC(=O)OCC(CC)(COC(=O)CC(C)=O)COC(=O)CC(C)=O)(COC(=O)CC(C)=O)COC(=O)CC(C)=O. The molecule has 0 aromatic carbocycles. The molecule has 0 spiro atoms.